The molecule has 128 valence electrons. The third-order valence-electron chi connectivity index (χ3n) is 3.32. The van der Waals surface area contributed by atoms with Gasteiger partial charge in [-0.1, -0.05) is 12.1 Å². The van der Waals surface area contributed by atoms with E-state index in [0.717, 1.165) is 27.9 Å². The maximum absolute atomic E-state index is 11.8. The SMILES string of the molecule is COc1ccc(CC(=O)NNC(=O)CCCc2ccc(Br)s2)cc1. The molecule has 0 aliphatic heterocycles. The summed E-state index contributed by atoms with van der Waals surface area (Å²) in [6.45, 7) is 0. The number of benzene rings is 1. The van der Waals surface area contributed by atoms with E-state index in [4.69, 9.17) is 4.74 Å². The van der Waals surface area contributed by atoms with Crippen molar-refractivity contribution in [2.24, 2.45) is 0 Å². The predicted molar refractivity (Wildman–Crippen MR) is 97.9 cm³/mol. The molecule has 2 aromatic rings. The van der Waals surface area contributed by atoms with Crippen LogP contribution in [0.2, 0.25) is 0 Å². The molecule has 2 rings (SSSR count). The number of halogens is 1. The minimum Gasteiger partial charge on any atom is -0.497 e. The molecule has 24 heavy (non-hydrogen) atoms. The van der Waals surface area contributed by atoms with Gasteiger partial charge in [-0.2, -0.15) is 0 Å². The van der Waals surface area contributed by atoms with Gasteiger partial charge in [-0.3, -0.25) is 20.4 Å². The fourth-order valence-corrected chi connectivity index (χ4v) is 3.61. The summed E-state index contributed by atoms with van der Waals surface area (Å²) >= 11 is 5.08. The number of thiophene rings is 1. The predicted octanol–water partition coefficient (Wildman–Crippen LogP) is 3.23. The van der Waals surface area contributed by atoms with E-state index in [1.54, 1.807) is 30.6 Å². The molecule has 0 aliphatic rings. The van der Waals surface area contributed by atoms with Crippen LogP contribution >= 0.6 is 27.3 Å². The molecule has 0 spiro atoms. The Bertz CT molecular complexity index is 685. The van der Waals surface area contributed by atoms with Gasteiger partial charge in [0, 0.05) is 11.3 Å². The summed E-state index contributed by atoms with van der Waals surface area (Å²) in [5.41, 5.74) is 5.74. The number of hydrogen-bond donors (Lipinski definition) is 2. The molecular formula is C17H19BrN2O3S. The van der Waals surface area contributed by atoms with Crippen LogP contribution in [0.5, 0.6) is 5.75 Å². The van der Waals surface area contributed by atoms with Crippen LogP contribution in [-0.4, -0.2) is 18.9 Å². The largest absolute Gasteiger partial charge is 0.497 e. The molecule has 7 heteroatoms. The third kappa shape index (κ3) is 6.33. The number of amides is 2. The van der Waals surface area contributed by atoms with E-state index in [0.29, 0.717) is 6.42 Å². The second-order valence-corrected chi connectivity index (χ2v) is 7.73. The van der Waals surface area contributed by atoms with Gasteiger partial charge in [0.25, 0.3) is 0 Å². The van der Waals surface area contributed by atoms with E-state index >= 15 is 0 Å². The lowest BCUT2D eigenvalue weighted by atomic mass is 10.1. The highest BCUT2D eigenvalue weighted by Gasteiger charge is 2.07. The summed E-state index contributed by atoms with van der Waals surface area (Å²) in [6.07, 6.45) is 2.17. The standard InChI is InChI=1S/C17H19BrN2O3S/c1-23-13-7-5-12(6-8-13)11-17(22)20-19-16(21)4-2-3-14-9-10-15(18)24-14/h5-10H,2-4,11H2,1H3,(H,19,21)(H,20,22). The summed E-state index contributed by atoms with van der Waals surface area (Å²) in [7, 11) is 1.59. The highest BCUT2D eigenvalue weighted by molar-refractivity contribution is 9.11. The second-order valence-electron chi connectivity index (χ2n) is 5.18. The van der Waals surface area contributed by atoms with Gasteiger partial charge < -0.3 is 4.74 Å². The van der Waals surface area contributed by atoms with Crippen molar-refractivity contribution >= 4 is 39.1 Å². The number of nitrogens with one attached hydrogen (secondary N) is 2. The molecule has 0 atom stereocenters. The van der Waals surface area contributed by atoms with Gasteiger partial charge >= 0.3 is 0 Å². The Balaban J connectivity index is 1.64. The van der Waals surface area contributed by atoms with Crippen LogP contribution in [0.15, 0.2) is 40.2 Å². The highest BCUT2D eigenvalue weighted by atomic mass is 79.9. The molecule has 0 saturated carbocycles. The summed E-state index contributed by atoms with van der Waals surface area (Å²) < 4.78 is 6.15. The van der Waals surface area contributed by atoms with Crippen molar-refractivity contribution in [2.75, 3.05) is 7.11 Å². The number of ether oxygens (including phenoxy) is 1. The van der Waals surface area contributed by atoms with Gasteiger partial charge in [-0.05, 0) is 58.6 Å². The summed E-state index contributed by atoms with van der Waals surface area (Å²) in [5.74, 6) is 0.301. The fraction of sp³-hybridized carbons (Fsp3) is 0.294. The molecule has 0 radical (unpaired) electrons. The van der Waals surface area contributed by atoms with Crippen LogP contribution in [-0.2, 0) is 22.4 Å². The highest BCUT2D eigenvalue weighted by Crippen LogP contribution is 2.23. The van der Waals surface area contributed by atoms with Crippen LogP contribution in [0.1, 0.15) is 23.3 Å². The molecule has 0 bridgehead atoms. The fourth-order valence-electron chi connectivity index (χ4n) is 2.08. The van der Waals surface area contributed by atoms with Crippen molar-refractivity contribution in [3.8, 4) is 5.75 Å². The zero-order valence-corrected chi connectivity index (χ0v) is 15.7. The molecule has 1 aromatic heterocycles. The average molecular weight is 411 g/mol. The van der Waals surface area contributed by atoms with Crippen LogP contribution in [0.4, 0.5) is 0 Å². The smallest absolute Gasteiger partial charge is 0.242 e. The second kappa shape index (κ2) is 9.44. The van der Waals surface area contributed by atoms with E-state index in [1.807, 2.05) is 24.3 Å². The van der Waals surface area contributed by atoms with Crippen LogP contribution in [0, 0.1) is 0 Å². The zero-order chi connectivity index (χ0) is 17.4. The molecule has 0 unspecified atom stereocenters. The van der Waals surface area contributed by atoms with Gasteiger partial charge in [0.05, 0.1) is 17.3 Å². The average Bonchev–Trinajstić information content (AvgIpc) is 2.99. The van der Waals surface area contributed by atoms with Crippen molar-refractivity contribution in [3.05, 3.63) is 50.6 Å². The monoisotopic (exact) mass is 410 g/mol. The minimum atomic E-state index is -0.254. The van der Waals surface area contributed by atoms with Gasteiger partial charge in [0.1, 0.15) is 5.75 Å². The topological polar surface area (TPSA) is 67.4 Å². The Morgan fingerprint density at radius 2 is 1.79 bits per heavy atom. The van der Waals surface area contributed by atoms with Crippen LogP contribution < -0.4 is 15.6 Å². The lowest BCUT2D eigenvalue weighted by molar-refractivity contribution is -0.128. The molecule has 2 N–H and O–H groups in total. The number of methoxy groups -OCH3 is 1. The maximum atomic E-state index is 11.8. The third-order valence-corrected chi connectivity index (χ3v) is 5.00. The zero-order valence-electron chi connectivity index (χ0n) is 13.3. The molecule has 2 amide bonds. The Kier molecular flexibility index (Phi) is 7.27. The normalized spacial score (nSPS) is 10.2. The Hall–Kier alpha value is -1.86. The molecule has 1 heterocycles. The summed E-state index contributed by atoms with van der Waals surface area (Å²) in [6, 6.07) is 11.3. The number of rotatable bonds is 7. The van der Waals surface area contributed by atoms with E-state index < -0.39 is 0 Å². The van der Waals surface area contributed by atoms with Crippen LogP contribution in [0.3, 0.4) is 0 Å². The van der Waals surface area contributed by atoms with Gasteiger partial charge in [-0.25, -0.2) is 0 Å². The number of carbonyl (C=O) groups excluding carboxylic acids is 2. The molecule has 0 fully saturated rings. The first-order valence-corrected chi connectivity index (χ1v) is 9.12. The maximum Gasteiger partial charge on any atom is 0.242 e. The first-order valence-electron chi connectivity index (χ1n) is 7.51. The van der Waals surface area contributed by atoms with E-state index in [1.165, 1.54) is 4.88 Å². The van der Waals surface area contributed by atoms with Crippen LogP contribution in [0.25, 0.3) is 0 Å². The van der Waals surface area contributed by atoms with Crippen molar-refractivity contribution in [1.29, 1.82) is 0 Å². The van der Waals surface area contributed by atoms with Crippen molar-refractivity contribution < 1.29 is 14.3 Å². The van der Waals surface area contributed by atoms with Gasteiger partial charge in [0.2, 0.25) is 11.8 Å². The van der Waals surface area contributed by atoms with Gasteiger partial charge in [-0.15, -0.1) is 11.3 Å². The minimum absolute atomic E-state index is 0.186. The molecule has 1 aromatic carbocycles. The Morgan fingerprint density at radius 1 is 1.08 bits per heavy atom. The van der Waals surface area contributed by atoms with E-state index in [2.05, 4.69) is 26.8 Å². The Labute approximate surface area is 153 Å². The molecular weight excluding hydrogens is 392 g/mol. The number of hydrogen-bond acceptors (Lipinski definition) is 4. The summed E-state index contributed by atoms with van der Waals surface area (Å²) in [5, 5.41) is 0. The van der Waals surface area contributed by atoms with Crippen molar-refractivity contribution in [3.63, 3.8) is 0 Å². The quantitative estimate of drug-likeness (QED) is 0.688. The summed E-state index contributed by atoms with van der Waals surface area (Å²) in [4.78, 5) is 24.8. The first kappa shape index (κ1) is 18.5. The molecule has 0 aliphatic carbocycles. The van der Waals surface area contributed by atoms with Crippen molar-refractivity contribution in [2.45, 2.75) is 25.7 Å². The Morgan fingerprint density at radius 3 is 2.42 bits per heavy atom. The van der Waals surface area contributed by atoms with Crippen molar-refractivity contribution in [1.82, 2.24) is 10.9 Å². The lowest BCUT2D eigenvalue weighted by Crippen LogP contribution is -2.42. The molecule has 5 nitrogen and oxygen atoms in total. The first-order chi connectivity index (χ1) is 11.6. The number of hydrazine groups is 1. The van der Waals surface area contributed by atoms with Gasteiger partial charge in [0.15, 0.2) is 0 Å². The van der Waals surface area contributed by atoms with E-state index in [-0.39, 0.29) is 18.2 Å². The van der Waals surface area contributed by atoms with E-state index in [9.17, 15) is 9.59 Å². The number of carbonyl (C=O) groups is 2. The lowest BCUT2D eigenvalue weighted by Gasteiger charge is -2.07. The number of aryl methyl sites for hydroxylation is 1. The molecule has 0 saturated heterocycles.